The minimum absolute atomic E-state index is 0.00164. The van der Waals surface area contributed by atoms with Crippen molar-refractivity contribution in [2.45, 2.75) is 62.8 Å². The number of benzene rings is 1. The van der Waals surface area contributed by atoms with E-state index in [-0.39, 0.29) is 29.8 Å². The van der Waals surface area contributed by atoms with Gasteiger partial charge in [0, 0.05) is 6.04 Å². The number of fused-ring (bicyclic) bond motifs is 1. The van der Waals surface area contributed by atoms with E-state index in [1.807, 2.05) is 37.0 Å². The number of hydrogen-bond donors (Lipinski definition) is 1. The SMILES string of the molecule is CC(C)N1C[C@@]23C=C[C@H](O2)[C@H](C(=O)NC2(c4cccc(F)c4)CCCC2)[C@@H]3C1=O. The quantitative estimate of drug-likeness (QED) is 0.794. The molecule has 2 bridgehead atoms. The average molecular weight is 398 g/mol. The van der Waals surface area contributed by atoms with Gasteiger partial charge in [-0.1, -0.05) is 37.1 Å². The Hall–Kier alpha value is -2.21. The molecule has 4 aliphatic rings. The van der Waals surface area contributed by atoms with Crippen molar-refractivity contribution < 1.29 is 18.7 Å². The van der Waals surface area contributed by atoms with Crippen molar-refractivity contribution in [2.75, 3.05) is 6.54 Å². The predicted molar refractivity (Wildman–Crippen MR) is 105 cm³/mol. The first-order valence-corrected chi connectivity index (χ1v) is 10.6. The molecule has 154 valence electrons. The van der Waals surface area contributed by atoms with Crippen LogP contribution in [0.15, 0.2) is 36.4 Å². The number of ether oxygens (including phenoxy) is 1. The summed E-state index contributed by atoms with van der Waals surface area (Å²) in [5.74, 6) is -1.48. The molecule has 1 N–H and O–H groups in total. The molecule has 0 radical (unpaired) electrons. The Balaban J connectivity index is 1.45. The first-order chi connectivity index (χ1) is 13.9. The van der Waals surface area contributed by atoms with E-state index in [2.05, 4.69) is 5.32 Å². The van der Waals surface area contributed by atoms with Gasteiger partial charge in [-0.25, -0.2) is 4.39 Å². The molecule has 0 aromatic heterocycles. The zero-order chi connectivity index (χ0) is 20.4. The first kappa shape index (κ1) is 18.8. The molecule has 1 spiro atoms. The molecule has 29 heavy (non-hydrogen) atoms. The molecular weight excluding hydrogens is 371 g/mol. The minimum Gasteiger partial charge on any atom is -0.360 e. The number of nitrogens with one attached hydrogen (secondary N) is 1. The monoisotopic (exact) mass is 398 g/mol. The zero-order valence-electron chi connectivity index (χ0n) is 16.9. The van der Waals surface area contributed by atoms with Gasteiger partial charge < -0.3 is 15.0 Å². The normalized spacial score (nSPS) is 34.3. The molecule has 1 aliphatic carbocycles. The van der Waals surface area contributed by atoms with Gasteiger partial charge in [0.2, 0.25) is 11.8 Å². The average Bonchev–Trinajstić information content (AvgIpc) is 3.43. The maximum Gasteiger partial charge on any atom is 0.230 e. The van der Waals surface area contributed by atoms with Gasteiger partial charge in [0.15, 0.2) is 0 Å². The molecule has 6 heteroatoms. The maximum absolute atomic E-state index is 13.9. The van der Waals surface area contributed by atoms with E-state index in [0.717, 1.165) is 31.2 Å². The van der Waals surface area contributed by atoms with Crippen LogP contribution in [-0.4, -0.2) is 41.0 Å². The van der Waals surface area contributed by atoms with E-state index in [9.17, 15) is 14.0 Å². The van der Waals surface area contributed by atoms with Crippen molar-refractivity contribution >= 4 is 11.8 Å². The fraction of sp³-hybridized carbons (Fsp3) is 0.565. The van der Waals surface area contributed by atoms with Crippen LogP contribution in [-0.2, 0) is 19.9 Å². The summed E-state index contributed by atoms with van der Waals surface area (Å²) in [6, 6.07) is 6.58. The molecule has 3 fully saturated rings. The van der Waals surface area contributed by atoms with Crippen LogP contribution in [0.2, 0.25) is 0 Å². The molecule has 1 aromatic carbocycles. The molecule has 4 atom stereocenters. The number of carbonyl (C=O) groups is 2. The molecule has 1 saturated carbocycles. The number of rotatable bonds is 4. The predicted octanol–water partition coefficient (Wildman–Crippen LogP) is 2.90. The lowest BCUT2D eigenvalue weighted by molar-refractivity contribution is -0.139. The fourth-order valence-corrected chi connectivity index (χ4v) is 5.83. The second kappa shape index (κ2) is 6.39. The number of amides is 2. The zero-order valence-corrected chi connectivity index (χ0v) is 16.9. The van der Waals surface area contributed by atoms with Crippen molar-refractivity contribution in [2.24, 2.45) is 11.8 Å². The lowest BCUT2D eigenvalue weighted by atomic mass is 9.76. The third kappa shape index (κ3) is 2.68. The van der Waals surface area contributed by atoms with Crippen molar-refractivity contribution in [3.63, 3.8) is 0 Å². The molecule has 2 saturated heterocycles. The third-order valence-electron chi connectivity index (χ3n) is 7.25. The fourth-order valence-electron chi connectivity index (χ4n) is 5.83. The van der Waals surface area contributed by atoms with Crippen molar-refractivity contribution in [3.05, 3.63) is 47.8 Å². The molecule has 3 aliphatic heterocycles. The van der Waals surface area contributed by atoms with Crippen molar-refractivity contribution in [1.29, 1.82) is 0 Å². The first-order valence-electron chi connectivity index (χ1n) is 10.6. The molecule has 0 unspecified atom stereocenters. The summed E-state index contributed by atoms with van der Waals surface area (Å²) in [5.41, 5.74) is -0.452. The number of halogens is 1. The van der Waals surface area contributed by atoms with Crippen LogP contribution in [0.1, 0.15) is 45.1 Å². The van der Waals surface area contributed by atoms with Crippen molar-refractivity contribution in [3.8, 4) is 0 Å². The molecule has 1 aromatic rings. The summed E-state index contributed by atoms with van der Waals surface area (Å²) < 4.78 is 20.1. The lowest BCUT2D eigenvalue weighted by Gasteiger charge is -2.34. The smallest absolute Gasteiger partial charge is 0.230 e. The van der Waals surface area contributed by atoms with Crippen LogP contribution in [0.5, 0.6) is 0 Å². The van der Waals surface area contributed by atoms with Crippen LogP contribution >= 0.6 is 0 Å². The number of nitrogens with zero attached hydrogens (tertiary/aromatic N) is 1. The summed E-state index contributed by atoms with van der Waals surface area (Å²) >= 11 is 0. The highest BCUT2D eigenvalue weighted by molar-refractivity contribution is 5.93. The molecule has 2 amide bonds. The van der Waals surface area contributed by atoms with Crippen LogP contribution in [0.3, 0.4) is 0 Å². The second-order valence-corrected chi connectivity index (χ2v) is 9.25. The number of hydrogen-bond acceptors (Lipinski definition) is 3. The highest BCUT2D eigenvalue weighted by atomic mass is 19.1. The summed E-state index contributed by atoms with van der Waals surface area (Å²) in [6.07, 6.45) is 7.05. The number of carbonyl (C=O) groups excluding carboxylic acids is 2. The Kier molecular flexibility index (Phi) is 4.14. The van der Waals surface area contributed by atoms with Gasteiger partial charge in [-0.05, 0) is 44.4 Å². The van der Waals surface area contributed by atoms with Gasteiger partial charge in [-0.2, -0.15) is 0 Å². The number of likely N-dealkylation sites (tertiary alicyclic amines) is 1. The Morgan fingerprint density at radius 3 is 2.76 bits per heavy atom. The standard InChI is InChI=1S/C23H27FN2O3/c1-14(2)26-13-23-11-8-17(29-23)18(19(23)21(26)28)20(27)25-22(9-3-4-10-22)15-6-5-7-16(24)12-15/h5-8,11-12,14,17-19H,3-4,9-10,13H2,1-2H3,(H,25,27)/t17-,18-,19+,23+/m0/s1. The van der Waals surface area contributed by atoms with Crippen molar-refractivity contribution in [1.82, 2.24) is 10.2 Å². The van der Waals surface area contributed by atoms with E-state index in [0.29, 0.717) is 6.54 Å². The second-order valence-electron chi connectivity index (χ2n) is 9.25. The van der Waals surface area contributed by atoms with Gasteiger partial charge in [0.05, 0.1) is 30.0 Å². The largest absolute Gasteiger partial charge is 0.360 e. The molecule has 5 nitrogen and oxygen atoms in total. The van der Waals surface area contributed by atoms with Gasteiger partial charge in [-0.3, -0.25) is 9.59 Å². The van der Waals surface area contributed by atoms with Crippen LogP contribution in [0.25, 0.3) is 0 Å². The van der Waals surface area contributed by atoms with E-state index < -0.39 is 23.0 Å². The molecular formula is C23H27FN2O3. The van der Waals surface area contributed by atoms with E-state index in [1.54, 1.807) is 6.07 Å². The van der Waals surface area contributed by atoms with E-state index in [1.165, 1.54) is 12.1 Å². The molecule has 3 heterocycles. The minimum atomic E-state index is -0.685. The summed E-state index contributed by atoms with van der Waals surface area (Å²) in [6.45, 7) is 4.47. The Morgan fingerprint density at radius 1 is 1.31 bits per heavy atom. The van der Waals surface area contributed by atoms with Gasteiger partial charge in [0.25, 0.3) is 0 Å². The van der Waals surface area contributed by atoms with Crippen LogP contribution < -0.4 is 5.32 Å². The summed E-state index contributed by atoms with van der Waals surface area (Å²) in [4.78, 5) is 28.5. The Bertz CT molecular complexity index is 892. The van der Waals surface area contributed by atoms with Gasteiger partial charge >= 0.3 is 0 Å². The summed E-state index contributed by atoms with van der Waals surface area (Å²) in [5, 5.41) is 3.25. The topological polar surface area (TPSA) is 58.6 Å². The van der Waals surface area contributed by atoms with Gasteiger partial charge in [-0.15, -0.1) is 0 Å². The highest BCUT2D eigenvalue weighted by Crippen LogP contribution is 2.52. The molecule has 5 rings (SSSR count). The van der Waals surface area contributed by atoms with Crippen LogP contribution in [0.4, 0.5) is 4.39 Å². The van der Waals surface area contributed by atoms with Crippen LogP contribution in [0, 0.1) is 17.7 Å². The lowest BCUT2D eigenvalue weighted by Crippen LogP contribution is -2.51. The Labute approximate surface area is 170 Å². The van der Waals surface area contributed by atoms with E-state index in [4.69, 9.17) is 4.74 Å². The van der Waals surface area contributed by atoms with E-state index >= 15 is 0 Å². The Morgan fingerprint density at radius 2 is 2.07 bits per heavy atom. The van der Waals surface area contributed by atoms with Gasteiger partial charge in [0.1, 0.15) is 11.4 Å². The third-order valence-corrected chi connectivity index (χ3v) is 7.25. The highest BCUT2D eigenvalue weighted by Gasteiger charge is 2.67. The summed E-state index contributed by atoms with van der Waals surface area (Å²) in [7, 11) is 0. The maximum atomic E-state index is 13.9.